The molecule has 1 aromatic carbocycles. The van der Waals surface area contributed by atoms with E-state index in [0.29, 0.717) is 12.0 Å². The lowest BCUT2D eigenvalue weighted by Crippen LogP contribution is -2.63. The van der Waals surface area contributed by atoms with E-state index < -0.39 is 0 Å². The van der Waals surface area contributed by atoms with Crippen molar-refractivity contribution in [2.24, 2.45) is 5.92 Å². The third-order valence-corrected chi connectivity index (χ3v) is 6.70. The number of benzene rings is 1. The third-order valence-electron chi connectivity index (χ3n) is 6.70. The molecule has 116 valence electrons. The molecule has 2 aliphatic heterocycles. The number of rotatable bonds is 1. The summed E-state index contributed by atoms with van der Waals surface area (Å²) < 4.78 is 12.1. The number of allylic oxidation sites excluding steroid dienone is 1. The normalized spacial score (nSPS) is 38.1. The second-order valence-corrected chi connectivity index (χ2v) is 7.46. The molecule has 1 fully saturated rings. The first kappa shape index (κ1) is 13.0. The van der Waals surface area contributed by atoms with E-state index >= 15 is 0 Å². The highest BCUT2D eigenvalue weighted by Gasteiger charge is 2.63. The summed E-state index contributed by atoms with van der Waals surface area (Å²) in [6.45, 7) is 3.42. The van der Waals surface area contributed by atoms with Gasteiger partial charge in [0.1, 0.15) is 6.10 Å². The lowest BCUT2D eigenvalue weighted by molar-refractivity contribution is -0.00815. The van der Waals surface area contributed by atoms with Gasteiger partial charge in [0, 0.05) is 17.0 Å². The molecule has 2 aliphatic carbocycles. The predicted molar refractivity (Wildman–Crippen MR) is 85.7 cm³/mol. The first-order valence-electron chi connectivity index (χ1n) is 8.40. The molecule has 3 heteroatoms. The van der Waals surface area contributed by atoms with Gasteiger partial charge < -0.3 is 14.4 Å². The fraction of sp³-hybridized carbons (Fsp3) is 0.579. The Kier molecular flexibility index (Phi) is 2.41. The molecule has 4 aliphatic rings. The van der Waals surface area contributed by atoms with Crippen LogP contribution in [-0.2, 0) is 11.8 Å². The summed E-state index contributed by atoms with van der Waals surface area (Å²) in [4.78, 5) is 2.58. The predicted octanol–water partition coefficient (Wildman–Crippen LogP) is 2.92. The molecule has 1 saturated heterocycles. The monoisotopic (exact) mass is 297 g/mol. The van der Waals surface area contributed by atoms with Crippen molar-refractivity contribution in [1.82, 2.24) is 4.90 Å². The van der Waals surface area contributed by atoms with Crippen LogP contribution in [0.25, 0.3) is 0 Å². The number of piperidine rings is 1. The van der Waals surface area contributed by atoms with Crippen LogP contribution >= 0.6 is 0 Å². The molecule has 0 unspecified atom stereocenters. The van der Waals surface area contributed by atoms with Crippen molar-refractivity contribution in [3.05, 3.63) is 34.9 Å². The molecule has 2 heterocycles. The van der Waals surface area contributed by atoms with E-state index in [0.717, 1.165) is 17.9 Å². The highest BCUT2D eigenvalue weighted by molar-refractivity contribution is 5.62. The Morgan fingerprint density at radius 3 is 3.05 bits per heavy atom. The number of methoxy groups -OCH3 is 1. The van der Waals surface area contributed by atoms with Crippen molar-refractivity contribution in [2.45, 2.75) is 43.7 Å². The Labute approximate surface area is 131 Å². The maximum Gasteiger partial charge on any atom is 0.166 e. The SMILES string of the molecule is COc1ccc2c3c1O[C@@H]1C(C)=CC[C@H]4[C@H](C2)N(C)CC[C@@]314. The van der Waals surface area contributed by atoms with Gasteiger partial charge in [0.15, 0.2) is 11.5 Å². The van der Waals surface area contributed by atoms with Crippen molar-refractivity contribution >= 4 is 0 Å². The summed E-state index contributed by atoms with van der Waals surface area (Å²) >= 11 is 0. The van der Waals surface area contributed by atoms with E-state index in [9.17, 15) is 0 Å². The van der Waals surface area contributed by atoms with Crippen molar-refractivity contribution in [3.8, 4) is 11.5 Å². The van der Waals surface area contributed by atoms with Crippen molar-refractivity contribution in [3.63, 3.8) is 0 Å². The molecule has 2 bridgehead atoms. The number of likely N-dealkylation sites (tertiary alicyclic amines) is 1. The Morgan fingerprint density at radius 1 is 1.36 bits per heavy atom. The van der Waals surface area contributed by atoms with E-state index in [1.807, 2.05) is 0 Å². The summed E-state index contributed by atoms with van der Waals surface area (Å²) in [5.41, 5.74) is 4.57. The maximum atomic E-state index is 6.54. The van der Waals surface area contributed by atoms with Gasteiger partial charge in [-0.2, -0.15) is 0 Å². The van der Waals surface area contributed by atoms with E-state index in [1.54, 1.807) is 7.11 Å². The summed E-state index contributed by atoms with van der Waals surface area (Å²) in [5, 5.41) is 0. The quantitative estimate of drug-likeness (QED) is 0.744. The first-order valence-corrected chi connectivity index (χ1v) is 8.40. The molecule has 0 N–H and O–H groups in total. The van der Waals surface area contributed by atoms with Crippen molar-refractivity contribution in [2.75, 3.05) is 20.7 Å². The summed E-state index contributed by atoms with van der Waals surface area (Å²) in [7, 11) is 4.05. The molecule has 4 atom stereocenters. The minimum Gasteiger partial charge on any atom is -0.493 e. The van der Waals surface area contributed by atoms with Gasteiger partial charge in [-0.1, -0.05) is 12.1 Å². The second-order valence-electron chi connectivity index (χ2n) is 7.46. The Bertz CT molecular complexity index is 695. The zero-order chi connectivity index (χ0) is 15.1. The maximum absolute atomic E-state index is 6.54. The second kappa shape index (κ2) is 4.08. The van der Waals surface area contributed by atoms with Crippen LogP contribution < -0.4 is 9.47 Å². The molecule has 1 aromatic rings. The summed E-state index contributed by atoms with van der Waals surface area (Å²) in [6.07, 6.45) is 6.18. The van der Waals surface area contributed by atoms with Crippen LogP contribution in [0, 0.1) is 5.92 Å². The van der Waals surface area contributed by atoms with Crippen LogP contribution in [0.5, 0.6) is 11.5 Å². The summed E-state index contributed by atoms with van der Waals surface area (Å²) in [6, 6.07) is 5.02. The van der Waals surface area contributed by atoms with Gasteiger partial charge in [0.25, 0.3) is 0 Å². The van der Waals surface area contributed by atoms with Gasteiger partial charge in [0.2, 0.25) is 0 Å². The van der Waals surface area contributed by atoms with Gasteiger partial charge >= 0.3 is 0 Å². The Balaban J connectivity index is 1.83. The fourth-order valence-electron chi connectivity index (χ4n) is 5.73. The molecular formula is C19H23NO2. The largest absolute Gasteiger partial charge is 0.493 e. The molecule has 0 radical (unpaired) electrons. The molecule has 1 spiro atoms. The van der Waals surface area contributed by atoms with Gasteiger partial charge in [-0.25, -0.2) is 0 Å². The van der Waals surface area contributed by atoms with E-state index in [-0.39, 0.29) is 11.5 Å². The van der Waals surface area contributed by atoms with Gasteiger partial charge in [0.05, 0.1) is 7.11 Å². The highest BCUT2D eigenvalue weighted by Crippen LogP contribution is 2.63. The number of hydrogen-bond donors (Lipinski definition) is 0. The van der Waals surface area contributed by atoms with E-state index in [4.69, 9.17) is 9.47 Å². The molecule has 5 rings (SSSR count). The molecule has 0 amide bonds. The van der Waals surface area contributed by atoms with Crippen LogP contribution in [0.2, 0.25) is 0 Å². The average molecular weight is 297 g/mol. The first-order chi connectivity index (χ1) is 10.7. The van der Waals surface area contributed by atoms with Gasteiger partial charge in [-0.15, -0.1) is 0 Å². The zero-order valence-corrected chi connectivity index (χ0v) is 13.6. The standard InChI is InChI=1S/C19H23NO2/c1-11-4-6-13-14-10-12-5-7-15(21-3)17-16(12)19(13,18(11)22-17)8-9-20(14)2/h4-5,7,13-14,18H,6,8-10H2,1-3H3/t13-,14-,18+,19+/m0/s1. The lowest BCUT2D eigenvalue weighted by Gasteiger charge is -2.57. The number of nitrogens with zero attached hydrogens (tertiary/aromatic N) is 1. The summed E-state index contributed by atoms with van der Waals surface area (Å²) in [5.74, 6) is 2.62. The number of ether oxygens (including phenoxy) is 2. The van der Waals surface area contributed by atoms with Crippen molar-refractivity contribution < 1.29 is 9.47 Å². The smallest absolute Gasteiger partial charge is 0.166 e. The van der Waals surface area contributed by atoms with Crippen LogP contribution in [0.15, 0.2) is 23.8 Å². The minimum absolute atomic E-state index is 0.188. The molecular weight excluding hydrogens is 274 g/mol. The molecule has 0 saturated carbocycles. The van der Waals surface area contributed by atoms with Gasteiger partial charge in [-0.05, 0) is 62.9 Å². The lowest BCUT2D eigenvalue weighted by atomic mass is 9.52. The molecule has 3 nitrogen and oxygen atoms in total. The van der Waals surface area contributed by atoms with Crippen LogP contribution in [-0.4, -0.2) is 37.7 Å². The Hall–Kier alpha value is -1.48. The minimum atomic E-state index is 0.188. The average Bonchev–Trinajstić information content (AvgIpc) is 2.88. The Morgan fingerprint density at radius 2 is 2.23 bits per heavy atom. The number of likely N-dealkylation sites (N-methyl/N-ethyl adjacent to an activating group) is 1. The van der Waals surface area contributed by atoms with Crippen molar-refractivity contribution in [1.29, 1.82) is 0 Å². The molecule has 22 heavy (non-hydrogen) atoms. The fourth-order valence-corrected chi connectivity index (χ4v) is 5.73. The van der Waals surface area contributed by atoms with E-state index in [2.05, 4.69) is 37.1 Å². The zero-order valence-electron chi connectivity index (χ0n) is 13.6. The highest BCUT2D eigenvalue weighted by atomic mass is 16.5. The van der Waals surface area contributed by atoms with Crippen LogP contribution in [0.1, 0.15) is 30.9 Å². The van der Waals surface area contributed by atoms with Crippen LogP contribution in [0.3, 0.4) is 0 Å². The van der Waals surface area contributed by atoms with E-state index in [1.165, 1.54) is 36.1 Å². The third kappa shape index (κ3) is 1.28. The number of hydrogen-bond acceptors (Lipinski definition) is 3. The van der Waals surface area contributed by atoms with Crippen LogP contribution in [0.4, 0.5) is 0 Å². The molecule has 0 aromatic heterocycles. The topological polar surface area (TPSA) is 21.7 Å². The van der Waals surface area contributed by atoms with Gasteiger partial charge in [-0.3, -0.25) is 0 Å².